The van der Waals surface area contributed by atoms with Gasteiger partial charge >= 0.3 is 7.12 Å². The molecule has 1 saturated heterocycles. The van der Waals surface area contributed by atoms with Crippen molar-refractivity contribution >= 4 is 18.4 Å². The molecule has 0 N–H and O–H groups in total. The number of benzene rings is 2. The van der Waals surface area contributed by atoms with E-state index in [2.05, 4.69) is 6.92 Å². The zero-order valence-corrected chi connectivity index (χ0v) is 17.0. The predicted octanol–water partition coefficient (Wildman–Crippen LogP) is 3.79. The number of methoxy groups -OCH3 is 1. The number of ketones is 1. The Morgan fingerprint density at radius 1 is 1.00 bits per heavy atom. The summed E-state index contributed by atoms with van der Waals surface area (Å²) in [6.07, 6.45) is 0.937. The summed E-state index contributed by atoms with van der Waals surface area (Å²) in [7, 11) is 0.989. The quantitative estimate of drug-likeness (QED) is 0.597. The molecule has 0 spiro atoms. The number of rotatable bonds is 5. The molecule has 2 aromatic carbocycles. The molecule has 0 unspecified atom stereocenters. The van der Waals surface area contributed by atoms with E-state index in [4.69, 9.17) is 14.0 Å². The van der Waals surface area contributed by atoms with Crippen molar-refractivity contribution in [2.45, 2.75) is 52.2 Å². The molecule has 0 aliphatic carbocycles. The molecule has 0 amide bonds. The maximum atomic E-state index is 13.2. The summed E-state index contributed by atoms with van der Waals surface area (Å²) >= 11 is 0. The maximum Gasteiger partial charge on any atom is 0.495 e. The number of carbonyl (C=O) groups excluding carboxylic acids is 1. The molecule has 1 fully saturated rings. The second-order valence-electron chi connectivity index (χ2n) is 7.92. The Morgan fingerprint density at radius 3 is 2.11 bits per heavy atom. The van der Waals surface area contributed by atoms with Crippen LogP contribution in [0.1, 0.15) is 56.1 Å². The van der Waals surface area contributed by atoms with Gasteiger partial charge in [0.2, 0.25) is 0 Å². The van der Waals surface area contributed by atoms with Crippen LogP contribution in [-0.2, 0) is 15.7 Å². The van der Waals surface area contributed by atoms with Crippen LogP contribution in [0.2, 0.25) is 0 Å². The second kappa shape index (κ2) is 7.14. The summed E-state index contributed by atoms with van der Waals surface area (Å²) in [5, 5.41) is 0. The average Bonchev–Trinajstić information content (AvgIpc) is 2.88. The summed E-state index contributed by atoms with van der Waals surface area (Å²) in [5.41, 5.74) is 2.15. The van der Waals surface area contributed by atoms with E-state index in [1.165, 1.54) is 5.56 Å². The van der Waals surface area contributed by atoms with Gasteiger partial charge in [0.15, 0.2) is 5.78 Å². The SMILES string of the molecule is CCc1ccc(C(=O)c2cc(OC)ccc2B2OC(C)(C)C(C)(C)O2)cc1. The van der Waals surface area contributed by atoms with Crippen molar-refractivity contribution in [2.24, 2.45) is 0 Å². The summed E-state index contributed by atoms with van der Waals surface area (Å²) in [6, 6.07) is 13.2. The highest BCUT2D eigenvalue weighted by atomic mass is 16.7. The number of ether oxygens (including phenoxy) is 1. The molecule has 0 saturated carbocycles. The molecule has 1 aliphatic rings. The topological polar surface area (TPSA) is 44.8 Å². The standard InChI is InChI=1S/C22H27BO4/c1-7-15-8-10-16(11-9-15)20(24)18-14-17(25-6)12-13-19(18)23-26-21(2,3)22(4,5)27-23/h8-14H,7H2,1-6H3. The van der Waals surface area contributed by atoms with Crippen molar-refractivity contribution in [3.8, 4) is 5.75 Å². The fourth-order valence-corrected chi connectivity index (χ4v) is 3.08. The van der Waals surface area contributed by atoms with E-state index in [0.29, 0.717) is 16.9 Å². The number of aryl methyl sites for hydroxylation is 1. The van der Waals surface area contributed by atoms with Crippen LogP contribution in [0.25, 0.3) is 0 Å². The minimum Gasteiger partial charge on any atom is -0.497 e. The minimum atomic E-state index is -0.602. The molecule has 27 heavy (non-hydrogen) atoms. The van der Waals surface area contributed by atoms with Crippen LogP contribution in [0.4, 0.5) is 0 Å². The zero-order chi connectivity index (χ0) is 19.8. The number of carbonyl (C=O) groups is 1. The van der Waals surface area contributed by atoms with E-state index in [1.54, 1.807) is 13.2 Å². The molecule has 142 valence electrons. The van der Waals surface area contributed by atoms with Crippen LogP contribution in [0.5, 0.6) is 5.75 Å². The Balaban J connectivity index is 2.02. The fraction of sp³-hybridized carbons (Fsp3) is 0.409. The highest BCUT2D eigenvalue weighted by Crippen LogP contribution is 2.37. The molecule has 5 heteroatoms. The monoisotopic (exact) mass is 366 g/mol. The summed E-state index contributed by atoms with van der Waals surface area (Å²) in [6.45, 7) is 10.1. The van der Waals surface area contributed by atoms with E-state index in [0.717, 1.165) is 11.9 Å². The van der Waals surface area contributed by atoms with Crippen LogP contribution in [0.15, 0.2) is 42.5 Å². The van der Waals surface area contributed by atoms with Gasteiger partial charge in [-0.3, -0.25) is 4.79 Å². The number of hydrogen-bond donors (Lipinski definition) is 0. The van der Waals surface area contributed by atoms with E-state index in [9.17, 15) is 4.79 Å². The molecule has 2 aromatic rings. The molecule has 4 nitrogen and oxygen atoms in total. The first-order valence-electron chi connectivity index (χ1n) is 9.35. The Labute approximate surface area is 162 Å². The average molecular weight is 366 g/mol. The van der Waals surface area contributed by atoms with Gasteiger partial charge in [-0.1, -0.05) is 37.3 Å². The van der Waals surface area contributed by atoms with Crippen molar-refractivity contribution < 1.29 is 18.8 Å². The van der Waals surface area contributed by atoms with Gasteiger partial charge in [0, 0.05) is 11.1 Å². The summed E-state index contributed by atoms with van der Waals surface area (Å²) in [4.78, 5) is 13.2. The lowest BCUT2D eigenvalue weighted by Crippen LogP contribution is -2.41. The largest absolute Gasteiger partial charge is 0.497 e. The van der Waals surface area contributed by atoms with E-state index in [1.807, 2.05) is 64.1 Å². The van der Waals surface area contributed by atoms with Gasteiger partial charge in [0.25, 0.3) is 0 Å². The van der Waals surface area contributed by atoms with Gasteiger partial charge in [0.05, 0.1) is 18.3 Å². The Kier molecular flexibility index (Phi) is 5.19. The predicted molar refractivity (Wildman–Crippen MR) is 108 cm³/mol. The van der Waals surface area contributed by atoms with Gasteiger partial charge in [0.1, 0.15) is 5.75 Å². The lowest BCUT2D eigenvalue weighted by atomic mass is 9.74. The van der Waals surface area contributed by atoms with Crippen molar-refractivity contribution in [1.29, 1.82) is 0 Å². The fourth-order valence-electron chi connectivity index (χ4n) is 3.08. The van der Waals surface area contributed by atoms with Crippen molar-refractivity contribution in [1.82, 2.24) is 0 Å². The van der Waals surface area contributed by atoms with Crippen LogP contribution in [0, 0.1) is 0 Å². The van der Waals surface area contributed by atoms with Gasteiger partial charge in [-0.15, -0.1) is 0 Å². The maximum absolute atomic E-state index is 13.2. The third kappa shape index (κ3) is 3.67. The third-order valence-corrected chi connectivity index (χ3v) is 5.64. The van der Waals surface area contributed by atoms with Crippen molar-refractivity contribution in [2.75, 3.05) is 7.11 Å². The zero-order valence-electron chi connectivity index (χ0n) is 17.0. The van der Waals surface area contributed by atoms with Gasteiger partial charge < -0.3 is 14.0 Å². The Morgan fingerprint density at radius 2 is 1.59 bits per heavy atom. The van der Waals surface area contributed by atoms with Crippen LogP contribution in [0.3, 0.4) is 0 Å². The highest BCUT2D eigenvalue weighted by molar-refractivity contribution is 6.64. The molecular weight excluding hydrogens is 339 g/mol. The first kappa shape index (κ1) is 19.7. The lowest BCUT2D eigenvalue weighted by Gasteiger charge is -2.32. The third-order valence-electron chi connectivity index (χ3n) is 5.64. The Hall–Kier alpha value is -2.11. The summed E-state index contributed by atoms with van der Waals surface area (Å²) in [5.74, 6) is 0.560. The van der Waals surface area contributed by atoms with Crippen LogP contribution in [-0.4, -0.2) is 31.2 Å². The molecule has 3 rings (SSSR count). The van der Waals surface area contributed by atoms with Crippen LogP contribution < -0.4 is 10.2 Å². The molecule has 0 bridgehead atoms. The van der Waals surface area contributed by atoms with E-state index < -0.39 is 18.3 Å². The highest BCUT2D eigenvalue weighted by Gasteiger charge is 2.52. The summed E-state index contributed by atoms with van der Waals surface area (Å²) < 4.78 is 17.7. The smallest absolute Gasteiger partial charge is 0.495 e. The Bertz CT molecular complexity index is 824. The molecule has 1 aliphatic heterocycles. The van der Waals surface area contributed by atoms with Crippen LogP contribution >= 0.6 is 0 Å². The van der Waals surface area contributed by atoms with E-state index in [-0.39, 0.29) is 5.78 Å². The molecule has 1 heterocycles. The molecule has 0 radical (unpaired) electrons. The normalized spacial score (nSPS) is 17.8. The van der Waals surface area contributed by atoms with Gasteiger partial charge in [-0.05, 0) is 57.3 Å². The van der Waals surface area contributed by atoms with Crippen molar-refractivity contribution in [3.63, 3.8) is 0 Å². The number of hydrogen-bond acceptors (Lipinski definition) is 4. The minimum absolute atomic E-state index is 0.0683. The molecule has 0 aromatic heterocycles. The van der Waals surface area contributed by atoms with Gasteiger partial charge in [-0.2, -0.15) is 0 Å². The lowest BCUT2D eigenvalue weighted by molar-refractivity contribution is 0.00578. The second-order valence-corrected chi connectivity index (χ2v) is 7.92. The van der Waals surface area contributed by atoms with Crippen molar-refractivity contribution in [3.05, 3.63) is 59.2 Å². The van der Waals surface area contributed by atoms with Gasteiger partial charge in [-0.25, -0.2) is 0 Å². The van der Waals surface area contributed by atoms with E-state index >= 15 is 0 Å². The molecule has 0 atom stereocenters. The molecular formula is C22H27BO4. The first-order valence-corrected chi connectivity index (χ1v) is 9.35. The first-order chi connectivity index (χ1) is 12.7.